The molecule has 2 aromatic rings. The number of ketones is 1. The zero-order valence-corrected chi connectivity index (χ0v) is 15.3. The zero-order valence-electron chi connectivity index (χ0n) is 13.7. The molecule has 134 valence electrons. The number of halogens is 2. The molecule has 1 aliphatic heterocycles. The number of hydrogen-bond donors (Lipinski definition) is 2. The average Bonchev–Trinajstić information content (AvgIpc) is 2.89. The topological polar surface area (TPSA) is 77.8 Å². The van der Waals surface area contributed by atoms with Gasteiger partial charge in [0, 0.05) is 12.1 Å². The Bertz CT molecular complexity index is 922. The Morgan fingerprint density at radius 1 is 1.08 bits per heavy atom. The molecule has 0 radical (unpaired) electrons. The Hall–Kier alpha value is -2.50. The second kappa shape index (κ2) is 7.02. The summed E-state index contributed by atoms with van der Waals surface area (Å²) < 4.78 is 0. The van der Waals surface area contributed by atoms with Crippen LogP contribution >= 0.6 is 23.2 Å². The van der Waals surface area contributed by atoms with E-state index in [1.165, 1.54) is 29.2 Å². The molecule has 5 nitrogen and oxygen atoms in total. The molecule has 0 fully saturated rings. The van der Waals surface area contributed by atoms with Gasteiger partial charge in [-0.1, -0.05) is 42.3 Å². The van der Waals surface area contributed by atoms with Crippen LogP contribution in [0, 0.1) is 0 Å². The number of benzene rings is 2. The van der Waals surface area contributed by atoms with Gasteiger partial charge in [0.25, 0.3) is 5.91 Å². The highest BCUT2D eigenvalue weighted by Gasteiger charge is 2.43. The SMILES string of the molecule is CCC(=O)C1=C(O)C(=O)N(c2ccc(Cl)c(Cl)c2)C1c1ccc(O)cc1. The van der Waals surface area contributed by atoms with Crippen molar-refractivity contribution in [2.24, 2.45) is 0 Å². The van der Waals surface area contributed by atoms with E-state index in [4.69, 9.17) is 23.2 Å². The van der Waals surface area contributed by atoms with Crippen LogP contribution in [0.25, 0.3) is 0 Å². The molecule has 0 bridgehead atoms. The number of aliphatic hydroxyl groups is 1. The normalized spacial score (nSPS) is 17.1. The molecule has 0 aliphatic carbocycles. The van der Waals surface area contributed by atoms with E-state index >= 15 is 0 Å². The van der Waals surface area contributed by atoms with Crippen molar-refractivity contribution in [2.45, 2.75) is 19.4 Å². The van der Waals surface area contributed by atoms with Crippen LogP contribution in [-0.4, -0.2) is 21.9 Å². The molecule has 1 unspecified atom stereocenters. The van der Waals surface area contributed by atoms with Crippen LogP contribution in [0.2, 0.25) is 10.0 Å². The average molecular weight is 392 g/mol. The molecule has 0 spiro atoms. The minimum atomic E-state index is -0.826. The summed E-state index contributed by atoms with van der Waals surface area (Å²) in [6, 6.07) is 9.91. The molecule has 26 heavy (non-hydrogen) atoms. The number of hydrogen-bond acceptors (Lipinski definition) is 4. The van der Waals surface area contributed by atoms with Crippen LogP contribution in [0.3, 0.4) is 0 Å². The molecule has 3 rings (SSSR count). The van der Waals surface area contributed by atoms with Crippen LogP contribution in [0.1, 0.15) is 24.9 Å². The molecule has 1 heterocycles. The van der Waals surface area contributed by atoms with Crippen LogP contribution in [0.4, 0.5) is 5.69 Å². The lowest BCUT2D eigenvalue weighted by Gasteiger charge is -2.27. The molecule has 0 saturated heterocycles. The molecule has 2 N–H and O–H groups in total. The van der Waals surface area contributed by atoms with Gasteiger partial charge in [0.15, 0.2) is 11.5 Å². The summed E-state index contributed by atoms with van der Waals surface area (Å²) in [6.45, 7) is 1.66. The Labute approximate surface area is 160 Å². The Morgan fingerprint density at radius 2 is 1.73 bits per heavy atom. The van der Waals surface area contributed by atoms with Gasteiger partial charge in [-0.2, -0.15) is 0 Å². The van der Waals surface area contributed by atoms with Gasteiger partial charge >= 0.3 is 0 Å². The number of rotatable bonds is 4. The van der Waals surface area contributed by atoms with Crippen LogP contribution < -0.4 is 4.90 Å². The second-order valence-electron chi connectivity index (χ2n) is 5.81. The lowest BCUT2D eigenvalue weighted by Crippen LogP contribution is -2.31. The van der Waals surface area contributed by atoms with Crippen molar-refractivity contribution in [3.63, 3.8) is 0 Å². The summed E-state index contributed by atoms with van der Waals surface area (Å²) in [5, 5.41) is 20.5. The van der Waals surface area contributed by atoms with Crippen LogP contribution in [0.5, 0.6) is 5.75 Å². The fourth-order valence-electron chi connectivity index (χ4n) is 2.95. The van der Waals surface area contributed by atoms with E-state index in [1.807, 2.05) is 0 Å². The minimum absolute atomic E-state index is 0.0225. The van der Waals surface area contributed by atoms with Gasteiger partial charge in [0.2, 0.25) is 0 Å². The summed E-state index contributed by atoms with van der Waals surface area (Å²) in [7, 11) is 0. The van der Waals surface area contributed by atoms with Crippen molar-refractivity contribution in [3.05, 3.63) is 69.4 Å². The highest BCUT2D eigenvalue weighted by molar-refractivity contribution is 6.42. The predicted octanol–water partition coefficient (Wildman–Crippen LogP) is 4.58. The zero-order chi connectivity index (χ0) is 19.0. The monoisotopic (exact) mass is 391 g/mol. The summed E-state index contributed by atoms with van der Waals surface area (Å²) in [5.74, 6) is -1.56. The van der Waals surface area contributed by atoms with E-state index in [9.17, 15) is 19.8 Å². The van der Waals surface area contributed by atoms with Crippen molar-refractivity contribution in [2.75, 3.05) is 4.90 Å². The molecule has 1 atom stereocenters. The number of amides is 1. The van der Waals surface area contributed by atoms with Crippen molar-refractivity contribution in [1.29, 1.82) is 0 Å². The van der Waals surface area contributed by atoms with Gasteiger partial charge in [0.05, 0.1) is 21.7 Å². The number of Topliss-reactive ketones (excluding diaryl/α,β-unsaturated/α-hetero) is 1. The molecule has 7 heteroatoms. The number of aromatic hydroxyl groups is 1. The first kappa shape index (κ1) is 18.3. The number of anilines is 1. The molecular weight excluding hydrogens is 377 g/mol. The second-order valence-corrected chi connectivity index (χ2v) is 6.62. The summed E-state index contributed by atoms with van der Waals surface area (Å²) in [6.07, 6.45) is 0.135. The standard InChI is InChI=1S/C19H15Cl2NO4/c1-2-15(24)16-17(10-3-6-12(23)7-4-10)22(19(26)18(16)25)11-5-8-13(20)14(21)9-11/h3-9,17,23,25H,2H2,1H3. The number of nitrogens with zero attached hydrogens (tertiary/aromatic N) is 1. The lowest BCUT2D eigenvalue weighted by molar-refractivity contribution is -0.118. The third-order valence-corrected chi connectivity index (χ3v) is 4.96. The number of aliphatic hydroxyl groups excluding tert-OH is 1. The smallest absolute Gasteiger partial charge is 0.294 e. The fourth-order valence-corrected chi connectivity index (χ4v) is 3.25. The summed E-state index contributed by atoms with van der Waals surface area (Å²) >= 11 is 12.0. The first-order valence-electron chi connectivity index (χ1n) is 7.89. The number of carbonyl (C=O) groups excluding carboxylic acids is 2. The first-order valence-corrected chi connectivity index (χ1v) is 8.64. The quantitative estimate of drug-likeness (QED) is 0.799. The van der Waals surface area contributed by atoms with Gasteiger partial charge in [0.1, 0.15) is 5.75 Å². The van der Waals surface area contributed by atoms with E-state index in [-0.39, 0.29) is 28.5 Å². The van der Waals surface area contributed by atoms with E-state index < -0.39 is 17.7 Å². The Kier molecular flexibility index (Phi) is 4.94. The number of phenols is 1. The van der Waals surface area contributed by atoms with Crippen molar-refractivity contribution >= 4 is 40.6 Å². The number of carbonyl (C=O) groups is 2. The Balaban J connectivity index is 2.18. The number of phenolic OH excluding ortho intramolecular Hbond substituents is 1. The van der Waals surface area contributed by atoms with Gasteiger partial charge < -0.3 is 10.2 Å². The molecule has 1 aliphatic rings. The predicted molar refractivity (Wildman–Crippen MR) is 99.7 cm³/mol. The van der Waals surface area contributed by atoms with E-state index in [1.54, 1.807) is 25.1 Å². The lowest BCUT2D eigenvalue weighted by atomic mass is 9.95. The van der Waals surface area contributed by atoms with Crippen LogP contribution in [0.15, 0.2) is 53.8 Å². The van der Waals surface area contributed by atoms with Gasteiger partial charge in [-0.25, -0.2) is 0 Å². The van der Waals surface area contributed by atoms with E-state index in [0.717, 1.165) is 0 Å². The maximum atomic E-state index is 12.7. The first-order chi connectivity index (χ1) is 12.3. The minimum Gasteiger partial charge on any atom is -0.508 e. The third kappa shape index (κ3) is 3.04. The van der Waals surface area contributed by atoms with E-state index in [0.29, 0.717) is 16.3 Å². The van der Waals surface area contributed by atoms with E-state index in [2.05, 4.69) is 0 Å². The molecule has 0 aromatic heterocycles. The maximum absolute atomic E-state index is 12.7. The largest absolute Gasteiger partial charge is 0.508 e. The van der Waals surface area contributed by atoms with Crippen molar-refractivity contribution < 1.29 is 19.8 Å². The summed E-state index contributed by atoms with van der Waals surface area (Å²) in [5.41, 5.74) is 0.991. The summed E-state index contributed by atoms with van der Waals surface area (Å²) in [4.78, 5) is 26.4. The van der Waals surface area contributed by atoms with Crippen molar-refractivity contribution in [1.82, 2.24) is 0 Å². The molecule has 0 saturated carbocycles. The highest BCUT2D eigenvalue weighted by atomic mass is 35.5. The van der Waals surface area contributed by atoms with Crippen molar-refractivity contribution in [3.8, 4) is 5.75 Å². The molecule has 2 aromatic carbocycles. The highest BCUT2D eigenvalue weighted by Crippen LogP contribution is 2.42. The third-order valence-electron chi connectivity index (χ3n) is 4.22. The van der Waals surface area contributed by atoms with Gasteiger partial charge in [-0.15, -0.1) is 0 Å². The van der Waals surface area contributed by atoms with Crippen LogP contribution in [-0.2, 0) is 9.59 Å². The maximum Gasteiger partial charge on any atom is 0.294 e. The molecular formula is C19H15Cl2NO4. The Morgan fingerprint density at radius 3 is 2.31 bits per heavy atom. The van der Waals surface area contributed by atoms with Gasteiger partial charge in [-0.05, 0) is 35.9 Å². The van der Waals surface area contributed by atoms with Gasteiger partial charge in [-0.3, -0.25) is 14.5 Å². The fraction of sp³-hybridized carbons (Fsp3) is 0.158. The molecule has 1 amide bonds.